The maximum absolute atomic E-state index is 12.1. The van der Waals surface area contributed by atoms with Gasteiger partial charge in [0.1, 0.15) is 19.6 Å². The molecule has 2 heterocycles. The number of rotatable bonds is 7. The van der Waals surface area contributed by atoms with Gasteiger partial charge in [0.2, 0.25) is 11.8 Å². The molecule has 2 aromatic rings. The number of nitrogens with one attached hydrogen (secondary N) is 2. The summed E-state index contributed by atoms with van der Waals surface area (Å²) < 4.78 is 10.9. The largest absolute Gasteiger partial charge is 0.416 e. The highest BCUT2D eigenvalue weighted by atomic mass is 32.2. The molecule has 2 N–H and O–H groups in total. The Kier molecular flexibility index (Phi) is 5.52. The number of hydrogen-bond acceptors (Lipinski definition) is 6. The predicted octanol–water partition coefficient (Wildman–Crippen LogP) is 1.09. The SMILES string of the molecule is O=C(CSc1nnc(C2CC2)o1)Nc1ccc(C[NH+]2CCOCC2)cc1. The molecule has 2 fully saturated rings. The average Bonchev–Trinajstić information content (AvgIpc) is 3.41. The van der Waals surface area contributed by atoms with E-state index in [9.17, 15) is 4.79 Å². The molecular formula is C18H23N4O3S+. The molecule has 1 amide bonds. The first kappa shape index (κ1) is 17.5. The van der Waals surface area contributed by atoms with Crippen LogP contribution in [-0.2, 0) is 16.1 Å². The van der Waals surface area contributed by atoms with Crippen molar-refractivity contribution < 1.29 is 18.8 Å². The first-order chi connectivity index (χ1) is 12.8. The second kappa shape index (κ2) is 8.20. The van der Waals surface area contributed by atoms with Gasteiger partial charge in [0, 0.05) is 17.2 Å². The van der Waals surface area contributed by atoms with Crippen molar-refractivity contribution in [1.82, 2.24) is 10.2 Å². The number of amides is 1. The third-order valence-electron chi connectivity index (χ3n) is 4.57. The molecule has 0 bridgehead atoms. The van der Waals surface area contributed by atoms with Crippen LogP contribution in [0.4, 0.5) is 5.69 Å². The predicted molar refractivity (Wildman–Crippen MR) is 97.3 cm³/mol. The van der Waals surface area contributed by atoms with Gasteiger partial charge in [-0.1, -0.05) is 23.9 Å². The number of nitrogens with zero attached hydrogens (tertiary/aromatic N) is 2. The highest BCUT2D eigenvalue weighted by molar-refractivity contribution is 7.99. The van der Waals surface area contributed by atoms with Crippen LogP contribution >= 0.6 is 11.8 Å². The molecule has 1 aromatic heterocycles. The Balaban J connectivity index is 1.23. The fourth-order valence-corrected chi connectivity index (χ4v) is 3.50. The van der Waals surface area contributed by atoms with Crippen molar-refractivity contribution in [3.8, 4) is 0 Å². The van der Waals surface area contributed by atoms with Gasteiger partial charge in [0.05, 0.1) is 19.0 Å². The molecular weight excluding hydrogens is 352 g/mol. The van der Waals surface area contributed by atoms with Gasteiger partial charge in [0.15, 0.2) is 0 Å². The van der Waals surface area contributed by atoms with Crippen molar-refractivity contribution in [3.05, 3.63) is 35.7 Å². The number of carbonyl (C=O) groups excluding carboxylic acids is 1. The van der Waals surface area contributed by atoms with E-state index < -0.39 is 0 Å². The molecule has 1 aromatic carbocycles. The summed E-state index contributed by atoms with van der Waals surface area (Å²) in [5, 5.41) is 11.4. The highest BCUT2D eigenvalue weighted by Gasteiger charge is 2.29. The van der Waals surface area contributed by atoms with Crippen molar-refractivity contribution >= 4 is 23.4 Å². The van der Waals surface area contributed by atoms with Gasteiger partial charge in [-0.2, -0.15) is 0 Å². The van der Waals surface area contributed by atoms with Crippen LogP contribution in [0.5, 0.6) is 0 Å². The lowest BCUT2D eigenvalue weighted by atomic mass is 10.2. The number of carbonyl (C=O) groups is 1. The third kappa shape index (κ3) is 4.84. The minimum Gasteiger partial charge on any atom is -0.416 e. The smallest absolute Gasteiger partial charge is 0.277 e. The van der Waals surface area contributed by atoms with Crippen molar-refractivity contribution in [3.63, 3.8) is 0 Å². The summed E-state index contributed by atoms with van der Waals surface area (Å²) in [5.41, 5.74) is 2.08. The molecule has 8 heteroatoms. The van der Waals surface area contributed by atoms with E-state index in [1.165, 1.54) is 22.2 Å². The Morgan fingerprint density at radius 3 is 2.69 bits per heavy atom. The van der Waals surface area contributed by atoms with E-state index in [0.29, 0.717) is 17.0 Å². The Morgan fingerprint density at radius 1 is 1.19 bits per heavy atom. The van der Waals surface area contributed by atoms with Crippen LogP contribution in [-0.4, -0.2) is 48.2 Å². The molecule has 0 spiro atoms. The number of benzene rings is 1. The molecule has 7 nitrogen and oxygen atoms in total. The summed E-state index contributed by atoms with van der Waals surface area (Å²) in [4.78, 5) is 13.6. The molecule has 1 aliphatic carbocycles. The van der Waals surface area contributed by atoms with E-state index >= 15 is 0 Å². The standard InChI is InChI=1S/C18H22N4O3S/c23-16(12-26-18-21-20-17(25-18)14-3-4-14)19-15-5-1-13(2-6-15)11-22-7-9-24-10-8-22/h1-2,5-6,14H,3-4,7-12H2,(H,19,23)/p+1. The monoisotopic (exact) mass is 375 g/mol. The zero-order valence-corrected chi connectivity index (χ0v) is 15.4. The van der Waals surface area contributed by atoms with Gasteiger partial charge in [-0.25, -0.2) is 0 Å². The van der Waals surface area contributed by atoms with Crippen molar-refractivity contribution in [2.24, 2.45) is 0 Å². The lowest BCUT2D eigenvalue weighted by Gasteiger charge is -2.23. The summed E-state index contributed by atoms with van der Waals surface area (Å²) in [6, 6.07) is 8.06. The Bertz CT molecular complexity index is 739. The van der Waals surface area contributed by atoms with Crippen LogP contribution in [0.1, 0.15) is 30.2 Å². The molecule has 0 atom stereocenters. The Labute approximate surface area is 156 Å². The van der Waals surface area contributed by atoms with Crippen molar-refractivity contribution in [2.45, 2.75) is 30.5 Å². The topological polar surface area (TPSA) is 81.7 Å². The number of ether oxygens (including phenoxy) is 1. The zero-order chi connectivity index (χ0) is 17.8. The van der Waals surface area contributed by atoms with Gasteiger partial charge in [0.25, 0.3) is 5.22 Å². The molecule has 1 aliphatic heterocycles. The van der Waals surface area contributed by atoms with Crippen LogP contribution in [0.3, 0.4) is 0 Å². The summed E-state index contributed by atoms with van der Waals surface area (Å²) in [6.07, 6.45) is 2.24. The summed E-state index contributed by atoms with van der Waals surface area (Å²) >= 11 is 1.27. The van der Waals surface area contributed by atoms with Crippen molar-refractivity contribution in [1.29, 1.82) is 0 Å². The van der Waals surface area contributed by atoms with E-state index in [2.05, 4.69) is 27.6 Å². The van der Waals surface area contributed by atoms with Crippen LogP contribution in [0, 0.1) is 0 Å². The zero-order valence-electron chi connectivity index (χ0n) is 14.6. The molecule has 1 saturated carbocycles. The van der Waals surface area contributed by atoms with E-state index in [4.69, 9.17) is 9.15 Å². The number of quaternary nitrogens is 1. The van der Waals surface area contributed by atoms with Crippen LogP contribution in [0.2, 0.25) is 0 Å². The Morgan fingerprint density at radius 2 is 1.96 bits per heavy atom. The first-order valence-corrected chi connectivity index (χ1v) is 10.0. The summed E-state index contributed by atoms with van der Waals surface area (Å²) in [5.74, 6) is 1.31. The fourth-order valence-electron chi connectivity index (χ4n) is 2.93. The minimum atomic E-state index is -0.0762. The van der Waals surface area contributed by atoms with Crippen molar-refractivity contribution in [2.75, 3.05) is 37.4 Å². The fraction of sp³-hybridized carbons (Fsp3) is 0.500. The summed E-state index contributed by atoms with van der Waals surface area (Å²) in [7, 11) is 0. The second-order valence-electron chi connectivity index (χ2n) is 6.75. The molecule has 0 radical (unpaired) electrons. The van der Waals surface area contributed by atoms with E-state index in [0.717, 1.165) is 51.4 Å². The molecule has 26 heavy (non-hydrogen) atoms. The van der Waals surface area contributed by atoms with Gasteiger partial charge < -0.3 is 19.4 Å². The number of anilines is 1. The molecule has 0 unspecified atom stereocenters. The molecule has 2 aliphatic rings. The van der Waals surface area contributed by atoms with Gasteiger partial charge in [-0.05, 0) is 25.0 Å². The normalized spacial score (nSPS) is 18.0. The van der Waals surface area contributed by atoms with E-state index in [1.54, 1.807) is 0 Å². The number of morpholine rings is 1. The van der Waals surface area contributed by atoms with Gasteiger partial charge in [-0.15, -0.1) is 10.2 Å². The highest BCUT2D eigenvalue weighted by Crippen LogP contribution is 2.39. The van der Waals surface area contributed by atoms with Crippen LogP contribution < -0.4 is 10.2 Å². The summed E-state index contributed by atoms with van der Waals surface area (Å²) in [6.45, 7) is 4.77. The lowest BCUT2D eigenvalue weighted by molar-refractivity contribution is -0.921. The average molecular weight is 375 g/mol. The van der Waals surface area contributed by atoms with E-state index in [-0.39, 0.29) is 11.7 Å². The maximum atomic E-state index is 12.1. The number of hydrogen-bond donors (Lipinski definition) is 2. The maximum Gasteiger partial charge on any atom is 0.277 e. The Hall–Kier alpha value is -1.90. The lowest BCUT2D eigenvalue weighted by Crippen LogP contribution is -3.12. The molecule has 138 valence electrons. The van der Waals surface area contributed by atoms with Gasteiger partial charge in [-0.3, -0.25) is 4.79 Å². The van der Waals surface area contributed by atoms with E-state index in [1.807, 2.05) is 12.1 Å². The second-order valence-corrected chi connectivity index (χ2v) is 7.68. The van der Waals surface area contributed by atoms with Gasteiger partial charge >= 0.3 is 0 Å². The number of thioether (sulfide) groups is 1. The molecule has 1 saturated heterocycles. The molecule has 4 rings (SSSR count). The third-order valence-corrected chi connectivity index (χ3v) is 5.39. The first-order valence-electron chi connectivity index (χ1n) is 9.02. The quantitative estimate of drug-likeness (QED) is 0.705. The number of aromatic nitrogens is 2. The van der Waals surface area contributed by atoms with Crippen LogP contribution in [0.25, 0.3) is 0 Å². The minimum absolute atomic E-state index is 0.0762. The van der Waals surface area contributed by atoms with Crippen LogP contribution in [0.15, 0.2) is 33.9 Å².